The summed E-state index contributed by atoms with van der Waals surface area (Å²) in [5.74, 6) is 0. The smallest absolute Gasteiger partial charge is 0.408 e. The lowest BCUT2D eigenvalue weighted by Crippen LogP contribution is -2.46. The fraction of sp³-hybridized carbons (Fsp3) is 0.833. The van der Waals surface area contributed by atoms with Crippen LogP contribution in [0.15, 0.2) is 0 Å². The van der Waals surface area contributed by atoms with Gasteiger partial charge in [0.2, 0.25) is 0 Å². The molecular formula is C6H12N2O2. The Morgan fingerprint density at radius 3 is 2.40 bits per heavy atom. The van der Waals surface area contributed by atoms with Crippen LogP contribution in [0.5, 0.6) is 0 Å². The van der Waals surface area contributed by atoms with E-state index in [1.165, 1.54) is 4.90 Å². The van der Waals surface area contributed by atoms with Crippen LogP contribution in [0.4, 0.5) is 4.79 Å². The van der Waals surface area contributed by atoms with Crippen LogP contribution in [-0.2, 0) is 0 Å². The van der Waals surface area contributed by atoms with Crippen LogP contribution in [0.2, 0.25) is 0 Å². The molecule has 0 spiro atoms. The second-order valence-corrected chi connectivity index (χ2v) is 2.52. The normalized spacial score (nSPS) is 18.1. The number of hydrogen-bond acceptors (Lipinski definition) is 2. The highest BCUT2D eigenvalue weighted by molar-refractivity contribution is 5.65. The van der Waals surface area contributed by atoms with Crippen molar-refractivity contribution in [2.75, 3.05) is 6.67 Å². The molecule has 0 aromatic rings. The maximum atomic E-state index is 10.4. The lowest BCUT2D eigenvalue weighted by atomic mass is 9.92. The molecule has 1 amide bonds. The fourth-order valence-corrected chi connectivity index (χ4v) is 1.08. The van der Waals surface area contributed by atoms with Crippen molar-refractivity contribution in [3.05, 3.63) is 0 Å². The zero-order valence-electron chi connectivity index (χ0n) is 5.79. The molecule has 1 saturated carbocycles. The van der Waals surface area contributed by atoms with Gasteiger partial charge < -0.3 is 10.8 Å². The summed E-state index contributed by atoms with van der Waals surface area (Å²) in [6.07, 6.45) is 2.19. The van der Waals surface area contributed by atoms with Crippen LogP contribution >= 0.6 is 0 Å². The maximum absolute atomic E-state index is 10.4. The van der Waals surface area contributed by atoms with Crippen molar-refractivity contribution < 1.29 is 9.90 Å². The molecule has 4 heteroatoms. The van der Waals surface area contributed by atoms with Crippen molar-refractivity contribution in [2.24, 2.45) is 5.73 Å². The highest BCUT2D eigenvalue weighted by atomic mass is 16.4. The molecule has 58 valence electrons. The van der Waals surface area contributed by atoms with Gasteiger partial charge in [-0.1, -0.05) is 0 Å². The van der Waals surface area contributed by atoms with E-state index >= 15 is 0 Å². The van der Waals surface area contributed by atoms with Crippen LogP contribution < -0.4 is 5.73 Å². The number of hydrogen-bond donors (Lipinski definition) is 2. The van der Waals surface area contributed by atoms with E-state index in [9.17, 15) is 4.79 Å². The first-order valence-electron chi connectivity index (χ1n) is 3.45. The highest BCUT2D eigenvalue weighted by Gasteiger charge is 2.26. The summed E-state index contributed by atoms with van der Waals surface area (Å²) >= 11 is 0. The van der Waals surface area contributed by atoms with Gasteiger partial charge in [-0.2, -0.15) is 0 Å². The molecule has 0 unspecified atom stereocenters. The molecule has 4 nitrogen and oxygen atoms in total. The molecule has 0 aromatic carbocycles. The SMILES string of the molecule is NCN(C(=O)O)C1CCC1. The Bertz CT molecular complexity index is 134. The van der Waals surface area contributed by atoms with Gasteiger partial charge in [0.1, 0.15) is 0 Å². The summed E-state index contributed by atoms with van der Waals surface area (Å²) in [7, 11) is 0. The van der Waals surface area contributed by atoms with Crippen molar-refractivity contribution in [2.45, 2.75) is 25.3 Å². The van der Waals surface area contributed by atoms with Gasteiger partial charge in [-0.15, -0.1) is 0 Å². The van der Waals surface area contributed by atoms with Crippen LogP contribution in [0.3, 0.4) is 0 Å². The molecule has 1 aliphatic rings. The first-order valence-corrected chi connectivity index (χ1v) is 3.45. The summed E-state index contributed by atoms with van der Waals surface area (Å²) in [4.78, 5) is 11.7. The molecule has 3 N–H and O–H groups in total. The minimum atomic E-state index is -0.896. The monoisotopic (exact) mass is 144 g/mol. The standard InChI is InChI=1S/C6H12N2O2/c7-4-8(6(9)10)5-2-1-3-5/h5H,1-4,7H2,(H,9,10). The van der Waals surface area contributed by atoms with E-state index in [1.807, 2.05) is 0 Å². The van der Waals surface area contributed by atoms with Crippen LogP contribution in [0, 0.1) is 0 Å². The van der Waals surface area contributed by atoms with E-state index in [0.29, 0.717) is 0 Å². The van der Waals surface area contributed by atoms with Gasteiger partial charge in [0.25, 0.3) is 0 Å². The van der Waals surface area contributed by atoms with Crippen molar-refractivity contribution in [1.82, 2.24) is 4.90 Å². The zero-order chi connectivity index (χ0) is 7.56. The van der Waals surface area contributed by atoms with E-state index in [0.717, 1.165) is 19.3 Å². The van der Waals surface area contributed by atoms with Crippen molar-refractivity contribution in [1.29, 1.82) is 0 Å². The average Bonchev–Trinajstić information content (AvgIpc) is 1.76. The summed E-state index contributed by atoms with van der Waals surface area (Å²) in [5, 5.41) is 8.55. The van der Waals surface area contributed by atoms with Gasteiger partial charge in [-0.25, -0.2) is 4.79 Å². The van der Waals surface area contributed by atoms with E-state index in [4.69, 9.17) is 10.8 Å². The molecule has 0 radical (unpaired) electrons. The third-order valence-corrected chi connectivity index (χ3v) is 1.96. The average molecular weight is 144 g/mol. The summed E-state index contributed by atoms with van der Waals surface area (Å²) in [6.45, 7) is 0.125. The predicted molar refractivity (Wildman–Crippen MR) is 36.6 cm³/mol. The molecule has 10 heavy (non-hydrogen) atoms. The van der Waals surface area contributed by atoms with E-state index < -0.39 is 6.09 Å². The molecule has 1 rings (SSSR count). The molecule has 0 aliphatic heterocycles. The van der Waals surface area contributed by atoms with Crippen molar-refractivity contribution >= 4 is 6.09 Å². The molecule has 0 saturated heterocycles. The first-order chi connectivity index (χ1) is 4.75. The zero-order valence-corrected chi connectivity index (χ0v) is 5.79. The van der Waals surface area contributed by atoms with Crippen LogP contribution in [0.1, 0.15) is 19.3 Å². The molecule has 1 aliphatic carbocycles. The van der Waals surface area contributed by atoms with Gasteiger partial charge in [-0.3, -0.25) is 4.90 Å². The molecular weight excluding hydrogens is 132 g/mol. The Balaban J connectivity index is 2.39. The van der Waals surface area contributed by atoms with Crippen molar-refractivity contribution in [3.63, 3.8) is 0 Å². The van der Waals surface area contributed by atoms with Gasteiger partial charge in [-0.05, 0) is 19.3 Å². The van der Waals surface area contributed by atoms with E-state index in [2.05, 4.69) is 0 Å². The molecule has 0 aromatic heterocycles. The van der Waals surface area contributed by atoms with Gasteiger partial charge in [0.15, 0.2) is 0 Å². The third kappa shape index (κ3) is 1.21. The van der Waals surface area contributed by atoms with Crippen LogP contribution in [0.25, 0.3) is 0 Å². The lowest BCUT2D eigenvalue weighted by Gasteiger charge is -2.34. The van der Waals surface area contributed by atoms with Crippen LogP contribution in [-0.4, -0.2) is 28.8 Å². The molecule has 0 atom stereocenters. The largest absolute Gasteiger partial charge is 0.465 e. The van der Waals surface area contributed by atoms with Crippen molar-refractivity contribution in [3.8, 4) is 0 Å². The van der Waals surface area contributed by atoms with Gasteiger partial charge in [0, 0.05) is 6.04 Å². The maximum Gasteiger partial charge on any atom is 0.408 e. The summed E-state index contributed by atoms with van der Waals surface area (Å²) < 4.78 is 0. The van der Waals surface area contributed by atoms with E-state index in [-0.39, 0.29) is 12.7 Å². The summed E-state index contributed by atoms with van der Waals surface area (Å²) in [5.41, 5.74) is 5.23. The first kappa shape index (κ1) is 7.34. The topological polar surface area (TPSA) is 66.6 Å². The minimum Gasteiger partial charge on any atom is -0.465 e. The Morgan fingerprint density at radius 2 is 2.30 bits per heavy atom. The fourth-order valence-electron chi connectivity index (χ4n) is 1.08. The molecule has 0 heterocycles. The number of amides is 1. The Morgan fingerprint density at radius 1 is 1.70 bits per heavy atom. The second-order valence-electron chi connectivity index (χ2n) is 2.52. The van der Waals surface area contributed by atoms with Gasteiger partial charge >= 0.3 is 6.09 Å². The summed E-state index contributed by atoms with van der Waals surface area (Å²) in [6, 6.07) is 0.197. The lowest BCUT2D eigenvalue weighted by molar-refractivity contribution is 0.0993. The molecule has 0 bridgehead atoms. The predicted octanol–water partition coefficient (Wildman–Crippen LogP) is 0.435. The minimum absolute atomic E-state index is 0.125. The second kappa shape index (κ2) is 2.88. The van der Waals surface area contributed by atoms with Gasteiger partial charge in [0.05, 0.1) is 6.67 Å². The Labute approximate surface area is 59.6 Å². The molecule has 1 fully saturated rings. The quantitative estimate of drug-likeness (QED) is 0.552. The number of nitrogens with zero attached hydrogens (tertiary/aromatic N) is 1. The number of rotatable bonds is 2. The number of carbonyl (C=O) groups is 1. The highest BCUT2D eigenvalue weighted by Crippen LogP contribution is 2.23. The Kier molecular flexibility index (Phi) is 2.11. The third-order valence-electron chi connectivity index (χ3n) is 1.96. The number of nitrogens with two attached hydrogens (primary N) is 1. The van der Waals surface area contributed by atoms with E-state index in [1.54, 1.807) is 0 Å². The number of carboxylic acid groups (broad SMARTS) is 1. The Hall–Kier alpha value is -0.770.